The van der Waals surface area contributed by atoms with Crippen molar-refractivity contribution in [1.82, 2.24) is 0 Å². The van der Waals surface area contributed by atoms with Crippen molar-refractivity contribution in [2.45, 2.75) is 45.8 Å². The van der Waals surface area contributed by atoms with Crippen molar-refractivity contribution in [3.8, 4) is 0 Å². The highest BCUT2D eigenvalue weighted by Gasteiger charge is 2.53. The summed E-state index contributed by atoms with van der Waals surface area (Å²) in [6, 6.07) is 0. The van der Waals surface area contributed by atoms with E-state index in [1.165, 1.54) is 6.08 Å². The van der Waals surface area contributed by atoms with Gasteiger partial charge in [0.1, 0.15) is 0 Å². The Morgan fingerprint density at radius 1 is 1.14 bits per heavy atom. The molecule has 14 heavy (non-hydrogen) atoms. The Bertz CT molecular complexity index is 253. The molecular formula is C10H17BO3. The lowest BCUT2D eigenvalue weighted by atomic mass is 9.83. The van der Waals surface area contributed by atoms with Crippen molar-refractivity contribution in [3.63, 3.8) is 0 Å². The predicted molar refractivity (Wildman–Crippen MR) is 55.9 cm³/mol. The largest absolute Gasteiger partial charge is 0.537 e. The Labute approximate surface area is 85.6 Å². The maximum absolute atomic E-state index is 11.5. The highest BCUT2D eigenvalue weighted by Crippen LogP contribution is 2.36. The lowest BCUT2D eigenvalue weighted by molar-refractivity contribution is -0.110. The third-order valence-electron chi connectivity index (χ3n) is 2.82. The van der Waals surface area contributed by atoms with E-state index in [0.717, 1.165) is 0 Å². The van der Waals surface area contributed by atoms with Gasteiger partial charge in [0.05, 0.1) is 11.2 Å². The van der Waals surface area contributed by atoms with Crippen LogP contribution in [0.1, 0.15) is 34.6 Å². The van der Waals surface area contributed by atoms with Crippen molar-refractivity contribution < 1.29 is 14.1 Å². The second-order valence-electron chi connectivity index (χ2n) is 4.49. The Kier molecular flexibility index (Phi) is 2.88. The quantitative estimate of drug-likeness (QED) is 0.498. The van der Waals surface area contributed by atoms with Crippen molar-refractivity contribution in [3.05, 3.63) is 12.2 Å². The molecule has 1 fully saturated rings. The maximum Gasteiger partial charge on any atom is 0.537 e. The third-order valence-corrected chi connectivity index (χ3v) is 2.82. The van der Waals surface area contributed by atoms with E-state index in [4.69, 9.17) is 9.31 Å². The Balaban J connectivity index is 2.78. The number of carbonyl (C=O) groups excluding carboxylic acids is 1. The van der Waals surface area contributed by atoms with Gasteiger partial charge in [-0.1, -0.05) is 6.08 Å². The van der Waals surface area contributed by atoms with Gasteiger partial charge in [-0.15, -0.1) is 0 Å². The summed E-state index contributed by atoms with van der Waals surface area (Å²) in [6.07, 6.45) is 3.16. The molecule has 0 aromatic carbocycles. The van der Waals surface area contributed by atoms with E-state index in [1.54, 1.807) is 13.0 Å². The molecule has 4 heteroatoms. The van der Waals surface area contributed by atoms with Gasteiger partial charge < -0.3 is 9.31 Å². The van der Waals surface area contributed by atoms with E-state index in [2.05, 4.69) is 0 Å². The van der Waals surface area contributed by atoms with Crippen LogP contribution in [0.15, 0.2) is 12.2 Å². The number of carbonyl (C=O) groups is 1. The Hall–Kier alpha value is -0.605. The van der Waals surface area contributed by atoms with Gasteiger partial charge in [0.2, 0.25) is 0 Å². The van der Waals surface area contributed by atoms with Crippen molar-refractivity contribution in [1.29, 1.82) is 0 Å². The monoisotopic (exact) mass is 196 g/mol. The molecule has 0 aromatic rings. The molecule has 0 bridgehead atoms. The molecule has 1 saturated heterocycles. The summed E-state index contributed by atoms with van der Waals surface area (Å²) in [5.74, 6) is 0. The number of allylic oxidation sites excluding steroid dienone is 2. The van der Waals surface area contributed by atoms with E-state index in [9.17, 15) is 4.79 Å². The summed E-state index contributed by atoms with van der Waals surface area (Å²) in [6.45, 7) is 9.50. The average molecular weight is 196 g/mol. The first kappa shape index (κ1) is 11.5. The minimum atomic E-state index is -0.754. The van der Waals surface area contributed by atoms with Crippen LogP contribution in [0.3, 0.4) is 0 Å². The summed E-state index contributed by atoms with van der Waals surface area (Å²) in [7, 11) is -0.754. The van der Waals surface area contributed by atoms with Gasteiger partial charge in [-0.2, -0.15) is 0 Å². The molecule has 0 spiro atoms. The van der Waals surface area contributed by atoms with Crippen molar-refractivity contribution >= 4 is 12.8 Å². The Morgan fingerprint density at radius 3 is 1.93 bits per heavy atom. The molecule has 0 aliphatic carbocycles. The maximum atomic E-state index is 11.5. The van der Waals surface area contributed by atoms with Crippen LogP contribution in [0, 0.1) is 0 Å². The van der Waals surface area contributed by atoms with E-state index in [-0.39, 0.29) is 5.68 Å². The number of rotatable bonds is 2. The third kappa shape index (κ3) is 1.91. The van der Waals surface area contributed by atoms with E-state index < -0.39 is 18.3 Å². The van der Waals surface area contributed by atoms with Crippen LogP contribution in [0.5, 0.6) is 0 Å². The van der Waals surface area contributed by atoms with E-state index >= 15 is 0 Å². The topological polar surface area (TPSA) is 35.5 Å². The van der Waals surface area contributed by atoms with Gasteiger partial charge in [-0.05, 0) is 40.7 Å². The molecule has 0 N–H and O–H groups in total. The summed E-state index contributed by atoms with van der Waals surface area (Å²) in [4.78, 5) is 11.5. The van der Waals surface area contributed by atoms with Crippen LogP contribution in [0.25, 0.3) is 0 Å². The van der Waals surface area contributed by atoms with Crippen molar-refractivity contribution in [2.24, 2.45) is 0 Å². The highest BCUT2D eigenvalue weighted by atomic mass is 16.7. The molecule has 0 unspecified atom stereocenters. The molecule has 0 atom stereocenters. The van der Waals surface area contributed by atoms with Crippen LogP contribution >= 0.6 is 0 Å². The fourth-order valence-electron chi connectivity index (χ4n) is 1.20. The molecule has 0 saturated carbocycles. The molecule has 3 nitrogen and oxygen atoms in total. The van der Waals surface area contributed by atoms with Crippen LogP contribution in [0.2, 0.25) is 0 Å². The summed E-state index contributed by atoms with van der Waals surface area (Å²) in [5, 5.41) is 0. The lowest BCUT2D eigenvalue weighted by Gasteiger charge is -2.32. The second kappa shape index (κ2) is 3.52. The molecule has 1 rings (SSSR count). The van der Waals surface area contributed by atoms with Crippen LogP contribution < -0.4 is 0 Å². The first-order valence-electron chi connectivity index (χ1n) is 4.82. The molecule has 0 amide bonds. The summed E-state index contributed by atoms with van der Waals surface area (Å²) in [5.41, 5.74) is -1.00. The molecule has 0 radical (unpaired) electrons. The molecule has 1 aliphatic heterocycles. The predicted octanol–water partition coefficient (Wildman–Crippen LogP) is 1.76. The zero-order chi connectivity index (χ0) is 11.0. The fraction of sp³-hybridized carbons (Fsp3) is 0.700. The fourth-order valence-corrected chi connectivity index (χ4v) is 1.20. The van der Waals surface area contributed by atoms with Gasteiger partial charge in [0.25, 0.3) is 0 Å². The SMILES string of the molecule is C/C=C\C(=O)B1OC(C)(C)C(C)(C)O1. The summed E-state index contributed by atoms with van der Waals surface area (Å²) >= 11 is 0. The smallest absolute Gasteiger partial charge is 0.397 e. The molecule has 1 aliphatic rings. The zero-order valence-electron chi connectivity index (χ0n) is 9.46. The summed E-state index contributed by atoms with van der Waals surface area (Å²) < 4.78 is 11.1. The second-order valence-corrected chi connectivity index (χ2v) is 4.49. The zero-order valence-corrected chi connectivity index (χ0v) is 9.46. The van der Waals surface area contributed by atoms with Gasteiger partial charge >= 0.3 is 7.12 Å². The standard InChI is InChI=1S/C10H17BO3/c1-6-7-8(12)11-13-9(2,3)10(4,5)14-11/h6-7H,1-5H3/b7-6-. The lowest BCUT2D eigenvalue weighted by Crippen LogP contribution is -2.41. The molecule has 1 heterocycles. The highest BCUT2D eigenvalue weighted by molar-refractivity contribution is 6.83. The van der Waals surface area contributed by atoms with Crippen LogP contribution in [-0.2, 0) is 14.1 Å². The van der Waals surface area contributed by atoms with Gasteiger partial charge in [-0.3, -0.25) is 4.79 Å². The number of hydrogen-bond donors (Lipinski definition) is 0. The van der Waals surface area contributed by atoms with Crippen molar-refractivity contribution in [2.75, 3.05) is 0 Å². The normalized spacial score (nSPS) is 24.5. The molecule has 78 valence electrons. The Morgan fingerprint density at radius 2 is 1.57 bits per heavy atom. The van der Waals surface area contributed by atoms with E-state index in [1.807, 2.05) is 27.7 Å². The minimum absolute atomic E-state index is 0.133. The molecular weight excluding hydrogens is 179 g/mol. The van der Waals surface area contributed by atoms with Gasteiger partial charge in [0.15, 0.2) is 5.68 Å². The van der Waals surface area contributed by atoms with Gasteiger partial charge in [0, 0.05) is 0 Å². The average Bonchev–Trinajstić information content (AvgIpc) is 2.22. The molecule has 0 aromatic heterocycles. The first-order valence-corrected chi connectivity index (χ1v) is 4.82. The minimum Gasteiger partial charge on any atom is -0.397 e. The van der Waals surface area contributed by atoms with Crippen LogP contribution in [0.4, 0.5) is 0 Å². The van der Waals surface area contributed by atoms with Gasteiger partial charge in [-0.25, -0.2) is 0 Å². The van der Waals surface area contributed by atoms with Crippen LogP contribution in [-0.4, -0.2) is 24.0 Å². The number of hydrogen-bond acceptors (Lipinski definition) is 3. The first-order chi connectivity index (χ1) is 6.30. The van der Waals surface area contributed by atoms with E-state index in [0.29, 0.717) is 0 Å².